The topological polar surface area (TPSA) is 75.2 Å². The largest absolute Gasteiger partial charge is 0.467 e. The van der Waals surface area contributed by atoms with Gasteiger partial charge in [-0.3, -0.25) is 0 Å². The maximum atomic E-state index is 6.15. The van der Waals surface area contributed by atoms with Gasteiger partial charge in [0.25, 0.3) is 0 Å². The molecule has 0 atom stereocenters. The monoisotopic (exact) mass is 308 g/mol. The number of rotatable bonds is 5. The summed E-state index contributed by atoms with van der Waals surface area (Å²) in [6.45, 7) is 2.00. The van der Waals surface area contributed by atoms with E-state index in [4.69, 9.17) is 26.8 Å². The van der Waals surface area contributed by atoms with Crippen molar-refractivity contribution in [2.24, 2.45) is 5.73 Å². The van der Waals surface area contributed by atoms with Crippen LogP contribution in [0.15, 0.2) is 18.3 Å². The number of hydrogen-bond donors (Lipinski definition) is 1. The molecule has 1 aliphatic heterocycles. The molecule has 2 heterocycles. The Kier molecular flexibility index (Phi) is 4.38. The van der Waals surface area contributed by atoms with E-state index in [9.17, 15) is 0 Å². The minimum Gasteiger partial charge on any atom is -0.467 e. The first kappa shape index (κ1) is 14.3. The number of aryl methyl sites for hydroxylation is 1. The Morgan fingerprint density at radius 3 is 3.14 bits per heavy atom. The van der Waals surface area contributed by atoms with E-state index in [1.165, 1.54) is 0 Å². The molecule has 1 aromatic carbocycles. The highest BCUT2D eigenvalue weighted by Crippen LogP contribution is 2.32. The molecule has 0 fully saturated rings. The van der Waals surface area contributed by atoms with Crippen molar-refractivity contribution in [1.82, 2.24) is 15.0 Å². The summed E-state index contributed by atoms with van der Waals surface area (Å²) in [4.78, 5) is 0. The third kappa shape index (κ3) is 3.34. The first-order chi connectivity index (χ1) is 10.3. The Morgan fingerprint density at radius 1 is 1.38 bits per heavy atom. The fourth-order valence-corrected chi connectivity index (χ4v) is 2.63. The van der Waals surface area contributed by atoms with Crippen LogP contribution in [-0.4, -0.2) is 28.3 Å². The average Bonchev–Trinajstić information content (AvgIpc) is 2.92. The fraction of sp³-hybridized carbons (Fsp3) is 0.429. The molecular formula is C14H17ClN4O2. The zero-order chi connectivity index (χ0) is 14.7. The van der Waals surface area contributed by atoms with E-state index in [0.29, 0.717) is 24.7 Å². The summed E-state index contributed by atoms with van der Waals surface area (Å²) in [5.41, 5.74) is 8.39. The first-order valence-electron chi connectivity index (χ1n) is 6.87. The molecule has 21 heavy (non-hydrogen) atoms. The second-order valence-corrected chi connectivity index (χ2v) is 5.40. The predicted molar refractivity (Wildman–Crippen MR) is 78.2 cm³/mol. The van der Waals surface area contributed by atoms with E-state index in [-0.39, 0.29) is 6.79 Å². The number of benzene rings is 1. The highest BCUT2D eigenvalue weighted by atomic mass is 35.5. The summed E-state index contributed by atoms with van der Waals surface area (Å²) < 4.78 is 12.7. The molecule has 1 aromatic heterocycles. The molecule has 0 saturated heterocycles. The number of halogens is 1. The lowest BCUT2D eigenvalue weighted by Gasteiger charge is -2.21. The van der Waals surface area contributed by atoms with Crippen LogP contribution in [0.25, 0.3) is 0 Å². The normalized spacial score (nSPS) is 13.8. The van der Waals surface area contributed by atoms with Crippen molar-refractivity contribution < 1.29 is 9.47 Å². The van der Waals surface area contributed by atoms with Gasteiger partial charge in [0.15, 0.2) is 6.79 Å². The SMILES string of the molecule is NCCCc1cn(Cc2cc(Cl)cc3c2OCOC3)nn1. The highest BCUT2D eigenvalue weighted by Gasteiger charge is 2.17. The van der Waals surface area contributed by atoms with Gasteiger partial charge in [-0.15, -0.1) is 5.10 Å². The number of aromatic nitrogens is 3. The molecule has 2 aromatic rings. The van der Waals surface area contributed by atoms with Crippen molar-refractivity contribution in [1.29, 1.82) is 0 Å². The summed E-state index contributed by atoms with van der Waals surface area (Å²) >= 11 is 6.15. The Balaban J connectivity index is 1.81. The molecule has 0 unspecified atom stereocenters. The van der Waals surface area contributed by atoms with Crippen LogP contribution in [0.5, 0.6) is 5.75 Å². The lowest BCUT2D eigenvalue weighted by molar-refractivity contribution is -0.0171. The molecule has 112 valence electrons. The molecule has 0 aliphatic carbocycles. The van der Waals surface area contributed by atoms with E-state index in [0.717, 1.165) is 35.4 Å². The number of nitrogens with two attached hydrogens (primary N) is 1. The zero-order valence-corrected chi connectivity index (χ0v) is 12.3. The number of nitrogens with zero attached hydrogens (tertiary/aromatic N) is 3. The number of hydrogen-bond acceptors (Lipinski definition) is 5. The second-order valence-electron chi connectivity index (χ2n) is 4.96. The van der Waals surface area contributed by atoms with Gasteiger partial charge < -0.3 is 15.2 Å². The molecule has 0 bridgehead atoms. The van der Waals surface area contributed by atoms with Crippen LogP contribution >= 0.6 is 11.6 Å². The van der Waals surface area contributed by atoms with Crippen molar-refractivity contribution in [3.63, 3.8) is 0 Å². The van der Waals surface area contributed by atoms with Gasteiger partial charge >= 0.3 is 0 Å². The summed E-state index contributed by atoms with van der Waals surface area (Å²) in [5, 5.41) is 8.95. The maximum Gasteiger partial charge on any atom is 0.189 e. The third-order valence-corrected chi connectivity index (χ3v) is 3.53. The maximum absolute atomic E-state index is 6.15. The van der Waals surface area contributed by atoms with Gasteiger partial charge in [-0.1, -0.05) is 16.8 Å². The first-order valence-corrected chi connectivity index (χ1v) is 7.25. The lowest BCUT2D eigenvalue weighted by atomic mass is 10.1. The highest BCUT2D eigenvalue weighted by molar-refractivity contribution is 6.30. The van der Waals surface area contributed by atoms with E-state index < -0.39 is 0 Å². The summed E-state index contributed by atoms with van der Waals surface area (Å²) in [7, 11) is 0. The second kappa shape index (κ2) is 6.43. The molecule has 1 aliphatic rings. The molecule has 7 heteroatoms. The third-order valence-electron chi connectivity index (χ3n) is 3.31. The molecule has 0 saturated carbocycles. The van der Waals surface area contributed by atoms with Crippen LogP contribution < -0.4 is 10.5 Å². The smallest absolute Gasteiger partial charge is 0.189 e. The number of fused-ring (bicyclic) bond motifs is 1. The molecule has 0 radical (unpaired) electrons. The van der Waals surface area contributed by atoms with Crippen LogP contribution in [0, 0.1) is 0 Å². The van der Waals surface area contributed by atoms with Crippen molar-refractivity contribution in [2.75, 3.05) is 13.3 Å². The molecule has 2 N–H and O–H groups in total. The fourth-order valence-electron chi connectivity index (χ4n) is 2.36. The zero-order valence-electron chi connectivity index (χ0n) is 11.6. The van der Waals surface area contributed by atoms with E-state index in [1.807, 2.05) is 18.3 Å². The standard InChI is InChI=1S/C14H17ClN4O2/c15-12-4-10(14-11(5-12)8-20-9-21-14)6-19-7-13(17-18-19)2-1-3-16/h4-5,7H,1-3,6,8-9,16H2. The van der Waals surface area contributed by atoms with E-state index in [2.05, 4.69) is 10.3 Å². The Labute approximate surface area is 127 Å². The average molecular weight is 309 g/mol. The van der Waals surface area contributed by atoms with Crippen LogP contribution in [0.4, 0.5) is 0 Å². The van der Waals surface area contributed by atoms with Crippen molar-refractivity contribution in [3.05, 3.63) is 40.2 Å². The predicted octanol–water partition coefficient (Wildman–Crippen LogP) is 1.74. The molecule has 0 amide bonds. The Bertz CT molecular complexity index is 629. The molecule has 6 nitrogen and oxygen atoms in total. The lowest BCUT2D eigenvalue weighted by Crippen LogP contribution is -2.14. The number of ether oxygens (including phenoxy) is 2. The van der Waals surface area contributed by atoms with Crippen molar-refractivity contribution in [3.8, 4) is 5.75 Å². The van der Waals surface area contributed by atoms with Gasteiger partial charge in [-0.25, -0.2) is 4.68 Å². The molecular weight excluding hydrogens is 292 g/mol. The minimum absolute atomic E-state index is 0.265. The van der Waals surface area contributed by atoms with Gasteiger partial charge in [0.2, 0.25) is 0 Å². The molecule has 0 spiro atoms. The Hall–Kier alpha value is -1.63. The van der Waals surface area contributed by atoms with Gasteiger partial charge in [0.05, 0.1) is 18.8 Å². The summed E-state index contributed by atoms with van der Waals surface area (Å²) in [6.07, 6.45) is 3.68. The van der Waals surface area contributed by atoms with Crippen LogP contribution in [0.1, 0.15) is 23.2 Å². The van der Waals surface area contributed by atoms with Crippen molar-refractivity contribution >= 4 is 11.6 Å². The Morgan fingerprint density at radius 2 is 2.29 bits per heavy atom. The van der Waals surface area contributed by atoms with Crippen LogP contribution in [0.2, 0.25) is 5.02 Å². The minimum atomic E-state index is 0.265. The summed E-state index contributed by atoms with van der Waals surface area (Å²) in [5.74, 6) is 0.838. The van der Waals surface area contributed by atoms with Gasteiger partial charge in [0, 0.05) is 22.3 Å². The summed E-state index contributed by atoms with van der Waals surface area (Å²) in [6, 6.07) is 3.76. The van der Waals surface area contributed by atoms with E-state index >= 15 is 0 Å². The van der Waals surface area contributed by atoms with Gasteiger partial charge in [0.1, 0.15) is 5.75 Å². The van der Waals surface area contributed by atoms with E-state index in [1.54, 1.807) is 4.68 Å². The van der Waals surface area contributed by atoms with Gasteiger partial charge in [-0.2, -0.15) is 0 Å². The van der Waals surface area contributed by atoms with Crippen molar-refractivity contribution in [2.45, 2.75) is 26.0 Å². The van der Waals surface area contributed by atoms with Crippen LogP contribution in [0.3, 0.4) is 0 Å². The van der Waals surface area contributed by atoms with Crippen LogP contribution in [-0.2, 0) is 24.3 Å². The van der Waals surface area contributed by atoms with Gasteiger partial charge in [-0.05, 0) is 31.5 Å². The quantitative estimate of drug-likeness (QED) is 0.910. The molecule has 3 rings (SSSR count).